The van der Waals surface area contributed by atoms with Gasteiger partial charge < -0.3 is 13.6 Å². The van der Waals surface area contributed by atoms with Gasteiger partial charge in [0.2, 0.25) is 0 Å². The zero-order chi connectivity index (χ0) is 21.7. The molecule has 0 amide bonds. The minimum atomic E-state index is -0.669. The predicted octanol–water partition coefficient (Wildman–Crippen LogP) is 1.94. The van der Waals surface area contributed by atoms with E-state index in [1.165, 1.54) is 22.5 Å². The Labute approximate surface area is 171 Å². The number of fused-ring (bicyclic) bond motifs is 1. The minimum Gasteiger partial charge on any atom is -0.467 e. The molecule has 0 unspecified atom stereocenters. The predicted molar refractivity (Wildman–Crippen MR) is 111 cm³/mol. The molecule has 0 fully saturated rings. The van der Waals surface area contributed by atoms with Crippen LogP contribution in [-0.2, 0) is 20.6 Å². The fraction of sp³-hybridized carbons (Fsp3) is 0.333. The van der Waals surface area contributed by atoms with Crippen molar-refractivity contribution in [2.24, 2.45) is 14.1 Å². The molecule has 0 saturated heterocycles. The lowest BCUT2D eigenvalue weighted by Crippen LogP contribution is -2.38. The molecule has 0 saturated carbocycles. The molecule has 0 aromatic carbocycles. The number of hydrogen-bond donors (Lipinski definition) is 0. The smallest absolute Gasteiger partial charge is 0.332 e. The molecular formula is C21H23N5O4. The van der Waals surface area contributed by atoms with Crippen molar-refractivity contribution in [1.82, 2.24) is 23.3 Å². The van der Waals surface area contributed by atoms with Gasteiger partial charge in [-0.05, 0) is 39.0 Å². The van der Waals surface area contributed by atoms with E-state index in [0.29, 0.717) is 12.1 Å². The first-order valence-corrected chi connectivity index (χ1v) is 9.58. The largest absolute Gasteiger partial charge is 0.467 e. The summed E-state index contributed by atoms with van der Waals surface area (Å²) in [7, 11) is 2.96. The SMILES string of the molecule is Cc1cc(C(=O)[C@H](C)n2cnc3c2c(=O)n(C)c(=O)n3C)c(C)n1Cc1ccco1. The molecule has 9 nitrogen and oxygen atoms in total. The third-order valence-corrected chi connectivity index (χ3v) is 5.70. The number of aromatic nitrogens is 5. The fourth-order valence-electron chi connectivity index (χ4n) is 3.86. The molecule has 30 heavy (non-hydrogen) atoms. The highest BCUT2D eigenvalue weighted by molar-refractivity contribution is 6.00. The number of carbonyl (C=O) groups is 1. The van der Waals surface area contributed by atoms with E-state index in [9.17, 15) is 14.4 Å². The number of hydrogen-bond acceptors (Lipinski definition) is 5. The number of Topliss-reactive ketones (excluding diaryl/α,β-unsaturated/α-hetero) is 1. The monoisotopic (exact) mass is 409 g/mol. The van der Waals surface area contributed by atoms with Gasteiger partial charge in [-0.15, -0.1) is 0 Å². The summed E-state index contributed by atoms with van der Waals surface area (Å²) < 4.78 is 11.3. The van der Waals surface area contributed by atoms with Gasteiger partial charge in [-0.2, -0.15) is 0 Å². The Morgan fingerprint density at radius 2 is 1.93 bits per heavy atom. The van der Waals surface area contributed by atoms with Gasteiger partial charge in [0.15, 0.2) is 16.9 Å². The summed E-state index contributed by atoms with van der Waals surface area (Å²) in [5.41, 5.74) is 1.89. The van der Waals surface area contributed by atoms with Crippen molar-refractivity contribution in [3.8, 4) is 0 Å². The first kappa shape index (κ1) is 19.7. The van der Waals surface area contributed by atoms with Gasteiger partial charge in [-0.3, -0.25) is 18.7 Å². The van der Waals surface area contributed by atoms with Gasteiger partial charge in [0.05, 0.1) is 25.2 Å². The third-order valence-electron chi connectivity index (χ3n) is 5.70. The Kier molecular flexibility index (Phi) is 4.60. The van der Waals surface area contributed by atoms with Gasteiger partial charge in [0.25, 0.3) is 5.56 Å². The highest BCUT2D eigenvalue weighted by Gasteiger charge is 2.25. The van der Waals surface area contributed by atoms with Crippen LogP contribution in [-0.4, -0.2) is 29.0 Å². The quantitative estimate of drug-likeness (QED) is 0.469. The molecule has 9 heteroatoms. The molecule has 0 aliphatic carbocycles. The Balaban J connectivity index is 1.77. The van der Waals surface area contributed by atoms with Crippen LogP contribution in [0.25, 0.3) is 11.2 Å². The number of furan rings is 1. The summed E-state index contributed by atoms with van der Waals surface area (Å²) in [6.45, 7) is 6.09. The van der Waals surface area contributed by atoms with Gasteiger partial charge in [-0.1, -0.05) is 0 Å². The molecule has 4 heterocycles. The van der Waals surface area contributed by atoms with E-state index in [4.69, 9.17) is 4.42 Å². The first-order chi connectivity index (χ1) is 14.2. The second-order valence-corrected chi connectivity index (χ2v) is 7.52. The van der Waals surface area contributed by atoms with Crippen molar-refractivity contribution in [2.75, 3.05) is 0 Å². The fourth-order valence-corrected chi connectivity index (χ4v) is 3.86. The van der Waals surface area contributed by atoms with Crippen molar-refractivity contribution in [2.45, 2.75) is 33.4 Å². The van der Waals surface area contributed by atoms with Crippen molar-refractivity contribution >= 4 is 16.9 Å². The molecule has 0 bridgehead atoms. The van der Waals surface area contributed by atoms with Crippen LogP contribution < -0.4 is 11.2 Å². The number of imidazole rings is 1. The Bertz CT molecular complexity index is 1380. The second kappa shape index (κ2) is 7.01. The van der Waals surface area contributed by atoms with Crippen molar-refractivity contribution in [1.29, 1.82) is 0 Å². The Morgan fingerprint density at radius 1 is 1.20 bits per heavy atom. The van der Waals surface area contributed by atoms with Gasteiger partial charge in [0, 0.05) is 31.0 Å². The van der Waals surface area contributed by atoms with Crippen LogP contribution in [0.3, 0.4) is 0 Å². The van der Waals surface area contributed by atoms with Crippen LogP contribution in [0, 0.1) is 13.8 Å². The molecule has 4 aromatic heterocycles. The minimum absolute atomic E-state index is 0.135. The lowest BCUT2D eigenvalue weighted by Gasteiger charge is -2.14. The molecular weight excluding hydrogens is 386 g/mol. The van der Waals surface area contributed by atoms with E-state index in [-0.39, 0.29) is 16.9 Å². The Hall–Kier alpha value is -3.62. The van der Waals surface area contributed by atoms with Gasteiger partial charge >= 0.3 is 5.69 Å². The normalized spacial score (nSPS) is 12.6. The summed E-state index contributed by atoms with van der Waals surface area (Å²) >= 11 is 0. The van der Waals surface area contributed by atoms with E-state index >= 15 is 0 Å². The van der Waals surface area contributed by atoms with Crippen molar-refractivity contribution in [3.63, 3.8) is 0 Å². The number of nitrogens with zero attached hydrogens (tertiary/aromatic N) is 5. The topological polar surface area (TPSA) is 97.0 Å². The number of ketones is 1. The van der Waals surface area contributed by atoms with E-state index in [1.54, 1.807) is 20.2 Å². The summed E-state index contributed by atoms with van der Waals surface area (Å²) in [5.74, 6) is 0.665. The van der Waals surface area contributed by atoms with E-state index in [2.05, 4.69) is 4.98 Å². The lowest BCUT2D eigenvalue weighted by atomic mass is 10.1. The molecule has 0 N–H and O–H groups in total. The molecule has 0 aliphatic heterocycles. The molecule has 4 rings (SSSR count). The van der Waals surface area contributed by atoms with Crippen molar-refractivity contribution < 1.29 is 9.21 Å². The summed E-state index contributed by atoms with van der Waals surface area (Å²) in [5, 5.41) is 0. The average molecular weight is 409 g/mol. The van der Waals surface area contributed by atoms with Crippen molar-refractivity contribution in [3.05, 3.63) is 74.3 Å². The maximum Gasteiger partial charge on any atom is 0.332 e. The Morgan fingerprint density at radius 3 is 2.60 bits per heavy atom. The van der Waals surface area contributed by atoms with Crippen LogP contribution >= 0.6 is 0 Å². The van der Waals surface area contributed by atoms with E-state index in [0.717, 1.165) is 21.7 Å². The molecule has 0 spiro atoms. The van der Waals surface area contributed by atoms with E-state index in [1.807, 2.05) is 36.6 Å². The molecule has 1 atom stereocenters. The number of rotatable bonds is 5. The maximum atomic E-state index is 13.4. The number of carbonyl (C=O) groups excluding carboxylic acids is 1. The highest BCUT2D eigenvalue weighted by Crippen LogP contribution is 2.24. The van der Waals surface area contributed by atoms with Gasteiger partial charge in [-0.25, -0.2) is 9.78 Å². The molecule has 0 aliphatic rings. The van der Waals surface area contributed by atoms with Crippen LogP contribution in [0.1, 0.15) is 40.5 Å². The van der Waals surface area contributed by atoms with Crippen LogP contribution in [0.15, 0.2) is 44.8 Å². The summed E-state index contributed by atoms with van der Waals surface area (Å²) in [6, 6.07) is 4.90. The third kappa shape index (κ3) is 2.85. The second-order valence-electron chi connectivity index (χ2n) is 7.52. The zero-order valence-electron chi connectivity index (χ0n) is 17.5. The van der Waals surface area contributed by atoms with E-state index < -0.39 is 17.3 Å². The van der Waals surface area contributed by atoms with Crippen LogP contribution in [0.4, 0.5) is 0 Å². The first-order valence-electron chi connectivity index (χ1n) is 9.58. The standard InChI is InChI=1S/C21H23N5O4/c1-12-9-16(13(2)25(12)10-15-7-6-8-30-15)18(27)14(3)26-11-22-19-17(26)20(28)24(5)21(29)23(19)4/h6-9,11,14H,10H2,1-5H3/t14-/m0/s1. The van der Waals surface area contributed by atoms with Crippen LogP contribution in [0.2, 0.25) is 0 Å². The molecule has 4 aromatic rings. The van der Waals surface area contributed by atoms with Crippen LogP contribution in [0.5, 0.6) is 0 Å². The summed E-state index contributed by atoms with van der Waals surface area (Å²) in [4.78, 5) is 42.4. The maximum absolute atomic E-state index is 13.4. The highest BCUT2D eigenvalue weighted by atomic mass is 16.3. The molecule has 0 radical (unpaired) electrons. The van der Waals surface area contributed by atoms with Gasteiger partial charge in [0.1, 0.15) is 5.76 Å². The zero-order valence-corrected chi connectivity index (χ0v) is 17.5. The lowest BCUT2D eigenvalue weighted by molar-refractivity contribution is 0.0936. The average Bonchev–Trinajstić information content (AvgIpc) is 3.45. The summed E-state index contributed by atoms with van der Waals surface area (Å²) in [6.07, 6.45) is 3.06. The number of aryl methyl sites for hydroxylation is 2. The molecule has 156 valence electrons.